The highest BCUT2D eigenvalue weighted by Crippen LogP contribution is 2.27. The van der Waals surface area contributed by atoms with Gasteiger partial charge in [0.05, 0.1) is 6.42 Å². The number of rotatable bonds is 5. The van der Waals surface area contributed by atoms with Crippen LogP contribution >= 0.6 is 0 Å². The molecule has 0 aromatic heterocycles. The van der Waals surface area contributed by atoms with Gasteiger partial charge in [0.1, 0.15) is 5.75 Å². The van der Waals surface area contributed by atoms with Crippen molar-refractivity contribution >= 4 is 5.91 Å². The average molecular weight is 346 g/mol. The minimum Gasteiger partial charge on any atom is -0.435 e. The summed E-state index contributed by atoms with van der Waals surface area (Å²) < 4.78 is 28.6. The van der Waals surface area contributed by atoms with E-state index >= 15 is 0 Å². The van der Waals surface area contributed by atoms with Gasteiger partial charge in [-0.05, 0) is 23.3 Å². The summed E-state index contributed by atoms with van der Waals surface area (Å²) in [4.78, 5) is 14.3. The monoisotopic (exact) mass is 346 g/mol. The van der Waals surface area contributed by atoms with Crippen LogP contribution in [0.15, 0.2) is 54.6 Å². The highest BCUT2D eigenvalue weighted by molar-refractivity contribution is 5.79. The zero-order valence-electron chi connectivity index (χ0n) is 13.6. The van der Waals surface area contributed by atoms with Gasteiger partial charge in [0.15, 0.2) is 0 Å². The first kappa shape index (κ1) is 17.4. The summed E-state index contributed by atoms with van der Waals surface area (Å²) in [5, 5.41) is 0. The fourth-order valence-corrected chi connectivity index (χ4v) is 3.16. The number of nitrogens with zero attached hydrogens (tertiary/aromatic N) is 1. The van der Waals surface area contributed by atoms with Crippen molar-refractivity contribution in [3.05, 3.63) is 65.7 Å². The summed E-state index contributed by atoms with van der Waals surface area (Å²) >= 11 is 0. The van der Waals surface area contributed by atoms with Crippen molar-refractivity contribution in [3.63, 3.8) is 0 Å². The van der Waals surface area contributed by atoms with E-state index in [1.54, 1.807) is 17.0 Å². The molecule has 0 radical (unpaired) electrons. The lowest BCUT2D eigenvalue weighted by molar-refractivity contribution is -0.129. The molecule has 1 aliphatic rings. The first-order valence-electron chi connectivity index (χ1n) is 8.15. The van der Waals surface area contributed by atoms with E-state index in [-0.39, 0.29) is 30.0 Å². The number of carbonyl (C=O) groups excluding carboxylic acids is 1. The molecule has 1 amide bonds. The van der Waals surface area contributed by atoms with Crippen LogP contribution in [-0.4, -0.2) is 36.5 Å². The van der Waals surface area contributed by atoms with Crippen molar-refractivity contribution in [1.29, 1.82) is 0 Å². The SMILES string of the molecule is N[C@@H]1CN(C(=O)Cc2ccc(OC(F)F)cc2)C[C@H]1c1ccccc1. The second-order valence-electron chi connectivity index (χ2n) is 6.18. The largest absolute Gasteiger partial charge is 0.435 e. The molecule has 0 unspecified atom stereocenters. The highest BCUT2D eigenvalue weighted by atomic mass is 19.3. The lowest BCUT2D eigenvalue weighted by Gasteiger charge is -2.16. The Balaban J connectivity index is 1.60. The average Bonchev–Trinajstić information content (AvgIpc) is 2.99. The van der Waals surface area contributed by atoms with E-state index in [1.807, 2.05) is 30.3 Å². The van der Waals surface area contributed by atoms with Gasteiger partial charge < -0.3 is 15.4 Å². The van der Waals surface area contributed by atoms with Crippen LogP contribution in [0.5, 0.6) is 5.75 Å². The van der Waals surface area contributed by atoms with E-state index < -0.39 is 6.61 Å². The molecule has 0 bridgehead atoms. The number of amides is 1. The van der Waals surface area contributed by atoms with Gasteiger partial charge in [-0.3, -0.25) is 4.79 Å². The summed E-state index contributed by atoms with van der Waals surface area (Å²) in [6.45, 7) is -1.74. The van der Waals surface area contributed by atoms with Crippen LogP contribution in [0.2, 0.25) is 0 Å². The van der Waals surface area contributed by atoms with E-state index in [0.717, 1.165) is 11.1 Å². The molecule has 1 saturated heterocycles. The van der Waals surface area contributed by atoms with E-state index in [1.165, 1.54) is 12.1 Å². The van der Waals surface area contributed by atoms with Crippen LogP contribution in [0.4, 0.5) is 8.78 Å². The third-order valence-corrected chi connectivity index (χ3v) is 4.45. The summed E-state index contributed by atoms with van der Waals surface area (Å²) in [6.07, 6.45) is 0.211. The molecular weight excluding hydrogens is 326 g/mol. The molecule has 3 rings (SSSR count). The molecule has 4 nitrogen and oxygen atoms in total. The normalized spacial score (nSPS) is 20.1. The second-order valence-corrected chi connectivity index (χ2v) is 6.18. The molecule has 2 atom stereocenters. The first-order chi connectivity index (χ1) is 12.0. The first-order valence-corrected chi connectivity index (χ1v) is 8.15. The van der Waals surface area contributed by atoms with Crippen molar-refractivity contribution in [2.45, 2.75) is 25.0 Å². The van der Waals surface area contributed by atoms with Crippen LogP contribution < -0.4 is 10.5 Å². The number of benzene rings is 2. The molecule has 2 N–H and O–H groups in total. The Bertz CT molecular complexity index is 707. The number of hydrogen-bond acceptors (Lipinski definition) is 3. The summed E-state index contributed by atoms with van der Waals surface area (Å²) in [7, 11) is 0. The highest BCUT2D eigenvalue weighted by Gasteiger charge is 2.33. The molecule has 0 spiro atoms. The van der Waals surface area contributed by atoms with Gasteiger partial charge in [-0.25, -0.2) is 0 Å². The fraction of sp³-hybridized carbons (Fsp3) is 0.316. The maximum absolute atomic E-state index is 12.5. The predicted molar refractivity (Wildman–Crippen MR) is 90.5 cm³/mol. The molecule has 1 aliphatic heterocycles. The van der Waals surface area contributed by atoms with E-state index in [9.17, 15) is 13.6 Å². The Hall–Kier alpha value is -2.47. The van der Waals surface area contributed by atoms with Gasteiger partial charge >= 0.3 is 6.61 Å². The fourth-order valence-electron chi connectivity index (χ4n) is 3.16. The molecular formula is C19H20F2N2O2. The third-order valence-electron chi connectivity index (χ3n) is 4.45. The minimum atomic E-state index is -2.85. The second kappa shape index (κ2) is 7.61. The zero-order chi connectivity index (χ0) is 17.8. The number of hydrogen-bond donors (Lipinski definition) is 1. The molecule has 1 heterocycles. The standard InChI is InChI=1S/C19H20F2N2O2/c20-19(21)25-15-8-6-13(7-9-15)10-18(24)23-11-16(17(22)12-23)14-4-2-1-3-5-14/h1-9,16-17,19H,10-12,22H2/t16-,17+/m0/s1. The summed E-state index contributed by atoms with van der Waals surface area (Å²) in [5.41, 5.74) is 8.11. The van der Waals surface area contributed by atoms with Gasteiger partial charge in [0.2, 0.25) is 5.91 Å². The Labute approximate surface area is 145 Å². The van der Waals surface area contributed by atoms with Crippen molar-refractivity contribution in [2.75, 3.05) is 13.1 Å². The predicted octanol–water partition coefficient (Wildman–Crippen LogP) is 2.78. The van der Waals surface area contributed by atoms with Gasteiger partial charge in [0, 0.05) is 25.0 Å². The molecule has 25 heavy (non-hydrogen) atoms. The molecule has 1 fully saturated rings. The molecule has 132 valence electrons. The lowest BCUT2D eigenvalue weighted by atomic mass is 9.95. The van der Waals surface area contributed by atoms with Crippen LogP contribution in [0.25, 0.3) is 0 Å². The van der Waals surface area contributed by atoms with E-state index in [0.29, 0.717) is 13.1 Å². The molecule has 0 aliphatic carbocycles. The Morgan fingerprint density at radius 3 is 2.44 bits per heavy atom. The van der Waals surface area contributed by atoms with Crippen molar-refractivity contribution in [3.8, 4) is 5.75 Å². The molecule has 2 aromatic carbocycles. The summed E-state index contributed by atoms with van der Waals surface area (Å²) in [5.74, 6) is 0.196. The molecule has 6 heteroatoms. The minimum absolute atomic E-state index is 0.0172. The van der Waals surface area contributed by atoms with Crippen molar-refractivity contribution in [2.24, 2.45) is 5.73 Å². The number of nitrogens with two attached hydrogens (primary N) is 1. The van der Waals surface area contributed by atoms with Crippen LogP contribution in [-0.2, 0) is 11.2 Å². The van der Waals surface area contributed by atoms with E-state index in [4.69, 9.17) is 5.73 Å². The number of alkyl halides is 2. The maximum atomic E-state index is 12.5. The smallest absolute Gasteiger partial charge is 0.387 e. The Kier molecular flexibility index (Phi) is 5.28. The molecule has 2 aromatic rings. The van der Waals surface area contributed by atoms with E-state index in [2.05, 4.69) is 4.74 Å². The van der Waals surface area contributed by atoms with Gasteiger partial charge in [-0.1, -0.05) is 42.5 Å². The maximum Gasteiger partial charge on any atom is 0.387 e. The summed E-state index contributed by atoms with van der Waals surface area (Å²) in [6, 6.07) is 16.0. The van der Waals surface area contributed by atoms with Crippen LogP contribution in [0.3, 0.4) is 0 Å². The number of ether oxygens (including phenoxy) is 1. The Morgan fingerprint density at radius 1 is 1.12 bits per heavy atom. The topological polar surface area (TPSA) is 55.6 Å². The number of carbonyl (C=O) groups is 1. The van der Waals surface area contributed by atoms with Gasteiger partial charge in [0.25, 0.3) is 0 Å². The number of halogens is 2. The number of likely N-dealkylation sites (tertiary alicyclic amines) is 1. The van der Waals surface area contributed by atoms with Gasteiger partial charge in [-0.2, -0.15) is 8.78 Å². The van der Waals surface area contributed by atoms with Gasteiger partial charge in [-0.15, -0.1) is 0 Å². The quantitative estimate of drug-likeness (QED) is 0.906. The third kappa shape index (κ3) is 4.33. The van der Waals surface area contributed by atoms with Crippen LogP contribution in [0.1, 0.15) is 17.0 Å². The van der Waals surface area contributed by atoms with Crippen LogP contribution in [0, 0.1) is 0 Å². The Morgan fingerprint density at radius 2 is 1.80 bits per heavy atom. The van der Waals surface area contributed by atoms with Crippen molar-refractivity contribution < 1.29 is 18.3 Å². The zero-order valence-corrected chi connectivity index (χ0v) is 13.6. The molecule has 0 saturated carbocycles. The van der Waals surface area contributed by atoms with Crippen molar-refractivity contribution in [1.82, 2.24) is 4.90 Å². The lowest BCUT2D eigenvalue weighted by Crippen LogP contribution is -2.33.